The van der Waals surface area contributed by atoms with Crippen LogP contribution in [0.3, 0.4) is 0 Å². The van der Waals surface area contributed by atoms with Crippen molar-refractivity contribution in [3.8, 4) is 0 Å². The average molecular weight is 471 g/mol. The predicted molar refractivity (Wildman–Crippen MR) is 114 cm³/mol. The van der Waals surface area contributed by atoms with Gasteiger partial charge in [0.25, 0.3) is 5.91 Å². The van der Waals surface area contributed by atoms with Crippen molar-refractivity contribution in [2.24, 2.45) is 0 Å². The first-order chi connectivity index (χ1) is 15.7. The summed E-state index contributed by atoms with van der Waals surface area (Å²) in [6.07, 6.45) is -1.28. The van der Waals surface area contributed by atoms with Crippen LogP contribution < -0.4 is 0 Å². The fraction of sp³-hybridized carbons (Fsp3) is 0.545. The Hall–Kier alpha value is -2.63. The Bertz CT molecular complexity index is 954. The third kappa shape index (κ3) is 6.04. The summed E-state index contributed by atoms with van der Waals surface area (Å²) in [5, 5.41) is 8.26. The molecule has 1 aromatic heterocycles. The van der Waals surface area contributed by atoms with Gasteiger partial charge in [0.15, 0.2) is 0 Å². The SMILES string of the molecule is COCCN1CCOCC12CCN(C(=O)c1ccc3cc[nH]c3c1)CC2.O=C(O)C(F)(F)F. The highest BCUT2D eigenvalue weighted by molar-refractivity contribution is 5.98. The molecule has 2 aromatic rings. The number of carbonyl (C=O) groups excluding carboxylic acids is 1. The van der Waals surface area contributed by atoms with Gasteiger partial charge < -0.3 is 24.5 Å². The first-order valence-electron chi connectivity index (χ1n) is 10.6. The summed E-state index contributed by atoms with van der Waals surface area (Å²) >= 11 is 0. The average Bonchev–Trinajstić information content (AvgIpc) is 3.26. The number of hydrogen-bond donors (Lipinski definition) is 2. The van der Waals surface area contributed by atoms with Gasteiger partial charge in [0.05, 0.1) is 19.8 Å². The molecule has 0 bridgehead atoms. The number of piperidine rings is 1. The smallest absolute Gasteiger partial charge is 0.475 e. The van der Waals surface area contributed by atoms with E-state index >= 15 is 0 Å². The van der Waals surface area contributed by atoms with E-state index in [1.165, 1.54) is 0 Å². The van der Waals surface area contributed by atoms with E-state index < -0.39 is 12.1 Å². The first kappa shape index (κ1) is 25.0. The molecule has 0 aliphatic carbocycles. The molecule has 2 aliphatic heterocycles. The van der Waals surface area contributed by atoms with Crippen molar-refractivity contribution in [1.82, 2.24) is 14.8 Å². The molecule has 11 heteroatoms. The number of carbonyl (C=O) groups is 2. The number of benzene rings is 1. The summed E-state index contributed by atoms with van der Waals surface area (Å²) < 4.78 is 42.8. The summed E-state index contributed by atoms with van der Waals surface area (Å²) in [4.78, 5) is 29.5. The van der Waals surface area contributed by atoms with E-state index in [0.717, 1.165) is 75.3 Å². The van der Waals surface area contributed by atoms with Gasteiger partial charge in [0, 0.05) is 56.1 Å². The molecule has 0 unspecified atom stereocenters. The number of nitrogens with zero attached hydrogens (tertiary/aromatic N) is 2. The second kappa shape index (κ2) is 10.5. The highest BCUT2D eigenvalue weighted by Gasteiger charge is 2.42. The molecule has 8 nitrogen and oxygen atoms in total. The van der Waals surface area contributed by atoms with Crippen molar-refractivity contribution >= 4 is 22.8 Å². The van der Waals surface area contributed by atoms with Gasteiger partial charge >= 0.3 is 12.1 Å². The largest absolute Gasteiger partial charge is 0.490 e. The Morgan fingerprint density at radius 1 is 1.21 bits per heavy atom. The Kier molecular flexibility index (Phi) is 7.98. The van der Waals surface area contributed by atoms with E-state index in [2.05, 4.69) is 9.88 Å². The van der Waals surface area contributed by atoms with Gasteiger partial charge in [0.2, 0.25) is 0 Å². The lowest BCUT2D eigenvalue weighted by Gasteiger charge is -2.51. The number of aromatic nitrogens is 1. The van der Waals surface area contributed by atoms with Crippen LogP contribution in [0, 0.1) is 0 Å². The molecular weight excluding hydrogens is 443 g/mol. The normalized spacial score (nSPS) is 18.7. The number of carboxylic acid groups (broad SMARTS) is 1. The van der Waals surface area contributed by atoms with Gasteiger partial charge in [-0.05, 0) is 36.4 Å². The Labute approximate surface area is 189 Å². The third-order valence-corrected chi connectivity index (χ3v) is 6.14. The Morgan fingerprint density at radius 3 is 2.55 bits per heavy atom. The van der Waals surface area contributed by atoms with Gasteiger partial charge in [-0.1, -0.05) is 6.07 Å². The zero-order chi connectivity index (χ0) is 24.1. The molecule has 0 radical (unpaired) electrons. The number of carboxylic acids is 1. The second-order valence-electron chi connectivity index (χ2n) is 8.13. The standard InChI is InChI=1S/C20H27N3O3.C2HF3O2/c1-25-12-10-23-11-13-26-15-20(23)5-8-22(9-6-20)19(24)17-3-2-16-4-7-21-18(16)14-17;3-2(4,5)1(6)7/h2-4,7,14,21H,5-6,8-13,15H2,1H3;(H,6,7). The fourth-order valence-electron chi connectivity index (χ4n) is 4.27. The van der Waals surface area contributed by atoms with E-state index in [0.29, 0.717) is 0 Å². The van der Waals surface area contributed by atoms with E-state index in [1.54, 1.807) is 7.11 Å². The number of aromatic amines is 1. The van der Waals surface area contributed by atoms with Crippen molar-refractivity contribution in [2.75, 3.05) is 53.1 Å². The van der Waals surface area contributed by atoms with Gasteiger partial charge in [-0.25, -0.2) is 4.79 Å². The molecule has 2 saturated heterocycles. The second-order valence-corrected chi connectivity index (χ2v) is 8.13. The monoisotopic (exact) mass is 471 g/mol. The van der Waals surface area contributed by atoms with Crippen LogP contribution in [0.2, 0.25) is 0 Å². The molecular formula is C22H28F3N3O5. The Balaban J connectivity index is 0.000000383. The highest BCUT2D eigenvalue weighted by Crippen LogP contribution is 2.32. The number of nitrogens with one attached hydrogen (secondary N) is 1. The van der Waals surface area contributed by atoms with Crippen molar-refractivity contribution in [3.05, 3.63) is 36.0 Å². The number of hydrogen-bond acceptors (Lipinski definition) is 5. The minimum absolute atomic E-state index is 0.0526. The zero-order valence-corrected chi connectivity index (χ0v) is 18.4. The fourth-order valence-corrected chi connectivity index (χ4v) is 4.27. The summed E-state index contributed by atoms with van der Waals surface area (Å²) in [6, 6.07) is 7.91. The van der Waals surface area contributed by atoms with Gasteiger partial charge in [0.1, 0.15) is 0 Å². The summed E-state index contributed by atoms with van der Waals surface area (Å²) in [6.45, 7) is 5.69. The molecule has 1 aromatic carbocycles. The molecule has 2 aliphatic rings. The molecule has 3 heterocycles. The van der Waals surface area contributed by atoms with Crippen LogP contribution in [-0.4, -0.2) is 96.6 Å². The van der Waals surface area contributed by atoms with E-state index in [4.69, 9.17) is 19.4 Å². The van der Waals surface area contributed by atoms with Crippen LogP contribution in [0.4, 0.5) is 13.2 Å². The molecule has 2 fully saturated rings. The van der Waals surface area contributed by atoms with Crippen molar-refractivity contribution in [3.63, 3.8) is 0 Å². The van der Waals surface area contributed by atoms with Crippen LogP contribution in [-0.2, 0) is 14.3 Å². The predicted octanol–water partition coefficient (Wildman–Crippen LogP) is 2.75. The molecule has 33 heavy (non-hydrogen) atoms. The number of methoxy groups -OCH3 is 1. The molecule has 0 atom stereocenters. The van der Waals surface area contributed by atoms with Crippen molar-refractivity contribution in [1.29, 1.82) is 0 Å². The highest BCUT2D eigenvalue weighted by atomic mass is 19.4. The van der Waals surface area contributed by atoms with Crippen molar-refractivity contribution in [2.45, 2.75) is 24.6 Å². The van der Waals surface area contributed by atoms with E-state index in [-0.39, 0.29) is 11.4 Å². The van der Waals surface area contributed by atoms with Gasteiger partial charge in [-0.2, -0.15) is 13.2 Å². The van der Waals surface area contributed by atoms with Crippen LogP contribution in [0.25, 0.3) is 10.9 Å². The van der Waals surface area contributed by atoms with E-state index in [9.17, 15) is 18.0 Å². The molecule has 1 spiro atoms. The van der Waals surface area contributed by atoms with Crippen LogP contribution in [0.15, 0.2) is 30.5 Å². The number of aliphatic carboxylic acids is 1. The molecule has 4 rings (SSSR count). The number of rotatable bonds is 4. The summed E-state index contributed by atoms with van der Waals surface area (Å²) in [5.74, 6) is -2.64. The van der Waals surface area contributed by atoms with Crippen molar-refractivity contribution < 1.29 is 37.3 Å². The lowest BCUT2D eigenvalue weighted by atomic mass is 9.85. The topological polar surface area (TPSA) is 95.1 Å². The maximum atomic E-state index is 12.9. The number of halogens is 3. The lowest BCUT2D eigenvalue weighted by molar-refractivity contribution is -0.192. The molecule has 2 N–H and O–H groups in total. The third-order valence-electron chi connectivity index (χ3n) is 6.14. The minimum Gasteiger partial charge on any atom is -0.475 e. The van der Waals surface area contributed by atoms with Crippen LogP contribution in [0.5, 0.6) is 0 Å². The minimum atomic E-state index is -5.08. The number of fused-ring (bicyclic) bond motifs is 1. The maximum absolute atomic E-state index is 12.9. The lowest BCUT2D eigenvalue weighted by Crippen LogP contribution is -2.62. The van der Waals surface area contributed by atoms with Gasteiger partial charge in [-0.15, -0.1) is 0 Å². The zero-order valence-electron chi connectivity index (χ0n) is 18.4. The van der Waals surface area contributed by atoms with Crippen LogP contribution in [0.1, 0.15) is 23.2 Å². The number of morpholine rings is 1. The number of ether oxygens (including phenoxy) is 2. The molecule has 182 valence electrons. The molecule has 0 saturated carbocycles. The van der Waals surface area contributed by atoms with Gasteiger partial charge in [-0.3, -0.25) is 9.69 Å². The van der Waals surface area contributed by atoms with Crippen LogP contribution >= 0.6 is 0 Å². The summed E-state index contributed by atoms with van der Waals surface area (Å²) in [7, 11) is 1.75. The first-order valence-corrected chi connectivity index (χ1v) is 10.6. The number of H-pyrrole nitrogens is 1. The number of amides is 1. The number of likely N-dealkylation sites (tertiary alicyclic amines) is 1. The summed E-state index contributed by atoms with van der Waals surface area (Å²) in [5.41, 5.74) is 1.82. The quantitative estimate of drug-likeness (QED) is 0.712. The maximum Gasteiger partial charge on any atom is 0.490 e. The number of alkyl halides is 3. The Morgan fingerprint density at radius 2 is 1.91 bits per heavy atom. The van der Waals surface area contributed by atoms with E-state index in [1.807, 2.05) is 35.4 Å². The molecule has 1 amide bonds.